The molecule has 4 nitrogen and oxygen atoms in total. The SMILES string of the molecule is CC(C)CC(=O)N1CCC(NC(=O)c2ccc(F)cc2Br)CC1. The van der Waals surface area contributed by atoms with Crippen molar-refractivity contribution in [3.63, 3.8) is 0 Å². The Hall–Kier alpha value is -1.43. The number of piperidine rings is 1. The summed E-state index contributed by atoms with van der Waals surface area (Å²) >= 11 is 3.21. The van der Waals surface area contributed by atoms with Gasteiger partial charge < -0.3 is 10.2 Å². The molecule has 0 unspecified atom stereocenters. The average molecular weight is 385 g/mol. The van der Waals surface area contributed by atoms with E-state index in [-0.39, 0.29) is 23.7 Å². The first-order valence-electron chi connectivity index (χ1n) is 7.90. The second kappa shape index (κ2) is 7.90. The topological polar surface area (TPSA) is 49.4 Å². The molecule has 0 spiro atoms. The summed E-state index contributed by atoms with van der Waals surface area (Å²) < 4.78 is 13.5. The number of carbonyl (C=O) groups is 2. The van der Waals surface area contributed by atoms with Crippen molar-refractivity contribution in [2.75, 3.05) is 13.1 Å². The molecule has 0 atom stereocenters. The van der Waals surface area contributed by atoms with Gasteiger partial charge in [0.1, 0.15) is 5.82 Å². The Kier molecular flexibility index (Phi) is 6.16. The van der Waals surface area contributed by atoms with Gasteiger partial charge in [-0.25, -0.2) is 4.39 Å². The van der Waals surface area contributed by atoms with E-state index in [1.165, 1.54) is 18.2 Å². The summed E-state index contributed by atoms with van der Waals surface area (Å²) in [5.41, 5.74) is 0.421. The van der Waals surface area contributed by atoms with E-state index in [1.54, 1.807) is 0 Å². The van der Waals surface area contributed by atoms with Gasteiger partial charge in [0, 0.05) is 30.0 Å². The Morgan fingerprint density at radius 2 is 2.00 bits per heavy atom. The lowest BCUT2D eigenvalue weighted by Gasteiger charge is -2.33. The number of nitrogens with one attached hydrogen (secondary N) is 1. The van der Waals surface area contributed by atoms with Crippen LogP contribution in [0.5, 0.6) is 0 Å². The van der Waals surface area contributed by atoms with Crippen molar-refractivity contribution in [2.24, 2.45) is 5.92 Å². The first-order valence-corrected chi connectivity index (χ1v) is 8.69. The van der Waals surface area contributed by atoms with Gasteiger partial charge in [0.2, 0.25) is 5.91 Å². The monoisotopic (exact) mass is 384 g/mol. The van der Waals surface area contributed by atoms with Crippen LogP contribution in [0.15, 0.2) is 22.7 Å². The van der Waals surface area contributed by atoms with Gasteiger partial charge in [0.25, 0.3) is 5.91 Å². The molecule has 1 N–H and O–H groups in total. The maximum absolute atomic E-state index is 13.1. The van der Waals surface area contributed by atoms with Crippen LogP contribution in [0.3, 0.4) is 0 Å². The molecular formula is C17H22BrFN2O2. The highest BCUT2D eigenvalue weighted by molar-refractivity contribution is 9.10. The molecule has 1 aromatic carbocycles. The van der Waals surface area contributed by atoms with Crippen LogP contribution in [0, 0.1) is 11.7 Å². The summed E-state index contributed by atoms with van der Waals surface area (Å²) in [5, 5.41) is 2.97. The highest BCUT2D eigenvalue weighted by Gasteiger charge is 2.24. The van der Waals surface area contributed by atoms with E-state index in [0.29, 0.717) is 35.5 Å². The summed E-state index contributed by atoms with van der Waals surface area (Å²) in [6.45, 7) is 5.40. The molecule has 23 heavy (non-hydrogen) atoms. The highest BCUT2D eigenvalue weighted by atomic mass is 79.9. The molecule has 0 aliphatic carbocycles. The van der Waals surface area contributed by atoms with Gasteiger partial charge in [-0.2, -0.15) is 0 Å². The second-order valence-corrected chi connectivity index (χ2v) is 7.20. The van der Waals surface area contributed by atoms with Gasteiger partial charge in [0.05, 0.1) is 5.56 Å². The minimum atomic E-state index is -0.384. The number of hydrogen-bond donors (Lipinski definition) is 1. The number of carbonyl (C=O) groups excluding carboxylic acids is 2. The standard InChI is InChI=1S/C17H22BrFN2O2/c1-11(2)9-16(22)21-7-5-13(6-8-21)20-17(23)14-4-3-12(19)10-15(14)18/h3-4,10-11,13H,5-9H2,1-2H3,(H,20,23). The summed E-state index contributed by atoms with van der Waals surface area (Å²) in [6, 6.07) is 4.06. The molecule has 1 aliphatic rings. The van der Waals surface area contributed by atoms with E-state index >= 15 is 0 Å². The third-order valence-corrected chi connectivity index (χ3v) is 4.60. The minimum absolute atomic E-state index is 0.0440. The minimum Gasteiger partial charge on any atom is -0.349 e. The fourth-order valence-corrected chi connectivity index (χ4v) is 3.22. The van der Waals surface area contributed by atoms with Gasteiger partial charge in [-0.15, -0.1) is 0 Å². The molecule has 0 bridgehead atoms. The van der Waals surface area contributed by atoms with Crippen LogP contribution >= 0.6 is 15.9 Å². The predicted octanol–water partition coefficient (Wildman–Crippen LogP) is 3.36. The fourth-order valence-electron chi connectivity index (χ4n) is 2.69. The van der Waals surface area contributed by atoms with E-state index in [2.05, 4.69) is 21.2 Å². The maximum Gasteiger partial charge on any atom is 0.252 e. The summed E-state index contributed by atoms with van der Waals surface area (Å²) in [4.78, 5) is 26.2. The average Bonchev–Trinajstić information content (AvgIpc) is 2.47. The highest BCUT2D eigenvalue weighted by Crippen LogP contribution is 2.19. The molecule has 0 saturated carbocycles. The molecule has 2 amide bonds. The van der Waals surface area contributed by atoms with Crippen LogP contribution in [0.2, 0.25) is 0 Å². The number of halogens is 2. The van der Waals surface area contributed by atoms with E-state index in [0.717, 1.165) is 12.8 Å². The van der Waals surface area contributed by atoms with E-state index in [1.807, 2.05) is 18.7 Å². The van der Waals surface area contributed by atoms with Gasteiger partial charge in [-0.1, -0.05) is 13.8 Å². The van der Waals surface area contributed by atoms with Crippen molar-refractivity contribution in [1.82, 2.24) is 10.2 Å². The Morgan fingerprint density at radius 1 is 1.35 bits per heavy atom. The lowest BCUT2D eigenvalue weighted by molar-refractivity contribution is -0.133. The number of hydrogen-bond acceptors (Lipinski definition) is 2. The molecule has 1 fully saturated rings. The molecule has 2 rings (SSSR count). The molecule has 126 valence electrons. The molecule has 0 radical (unpaired) electrons. The lowest BCUT2D eigenvalue weighted by atomic mass is 10.0. The Labute approximate surface area is 144 Å². The van der Waals surface area contributed by atoms with Gasteiger partial charge in [-0.05, 0) is 52.9 Å². The first-order chi connectivity index (χ1) is 10.9. The van der Waals surface area contributed by atoms with E-state index in [9.17, 15) is 14.0 Å². The van der Waals surface area contributed by atoms with Crippen LogP contribution in [0.4, 0.5) is 4.39 Å². The molecule has 1 aliphatic heterocycles. The van der Waals surface area contributed by atoms with Crippen LogP contribution in [-0.4, -0.2) is 35.8 Å². The number of nitrogens with zero attached hydrogens (tertiary/aromatic N) is 1. The van der Waals surface area contributed by atoms with Gasteiger partial charge >= 0.3 is 0 Å². The lowest BCUT2D eigenvalue weighted by Crippen LogP contribution is -2.46. The van der Waals surface area contributed by atoms with Crippen molar-refractivity contribution in [3.8, 4) is 0 Å². The second-order valence-electron chi connectivity index (χ2n) is 6.35. The van der Waals surface area contributed by atoms with Gasteiger partial charge in [0.15, 0.2) is 0 Å². The number of likely N-dealkylation sites (tertiary alicyclic amines) is 1. The van der Waals surface area contributed by atoms with Crippen LogP contribution in [0.25, 0.3) is 0 Å². The zero-order chi connectivity index (χ0) is 17.0. The van der Waals surface area contributed by atoms with Crippen molar-refractivity contribution in [2.45, 2.75) is 39.2 Å². The van der Waals surface area contributed by atoms with Gasteiger partial charge in [-0.3, -0.25) is 9.59 Å². The van der Waals surface area contributed by atoms with Crippen molar-refractivity contribution < 1.29 is 14.0 Å². The van der Waals surface area contributed by atoms with Crippen LogP contribution < -0.4 is 5.32 Å². The molecule has 1 aromatic rings. The molecule has 1 heterocycles. The quantitative estimate of drug-likeness (QED) is 0.864. The van der Waals surface area contributed by atoms with Crippen LogP contribution in [0.1, 0.15) is 43.5 Å². The Bertz CT molecular complexity index is 584. The molecule has 1 saturated heterocycles. The Morgan fingerprint density at radius 3 is 2.57 bits per heavy atom. The third-order valence-electron chi connectivity index (χ3n) is 3.94. The summed E-state index contributed by atoms with van der Waals surface area (Å²) in [5.74, 6) is -0.0592. The number of benzene rings is 1. The maximum atomic E-state index is 13.1. The summed E-state index contributed by atoms with van der Waals surface area (Å²) in [7, 11) is 0. The number of rotatable bonds is 4. The summed E-state index contributed by atoms with van der Waals surface area (Å²) in [6.07, 6.45) is 2.06. The third kappa shape index (κ3) is 5.03. The molecule has 0 aromatic heterocycles. The number of amides is 2. The normalized spacial score (nSPS) is 15.8. The smallest absolute Gasteiger partial charge is 0.252 e. The molecular weight excluding hydrogens is 363 g/mol. The Balaban J connectivity index is 1.86. The first kappa shape index (κ1) is 17.9. The fraction of sp³-hybridized carbons (Fsp3) is 0.529. The largest absolute Gasteiger partial charge is 0.349 e. The molecule has 6 heteroatoms. The van der Waals surface area contributed by atoms with E-state index < -0.39 is 0 Å². The van der Waals surface area contributed by atoms with Crippen molar-refractivity contribution in [1.29, 1.82) is 0 Å². The van der Waals surface area contributed by atoms with Crippen LogP contribution in [-0.2, 0) is 4.79 Å². The zero-order valence-electron chi connectivity index (χ0n) is 13.4. The van der Waals surface area contributed by atoms with Crippen molar-refractivity contribution >= 4 is 27.7 Å². The van der Waals surface area contributed by atoms with E-state index in [4.69, 9.17) is 0 Å². The zero-order valence-corrected chi connectivity index (χ0v) is 15.0. The van der Waals surface area contributed by atoms with Crippen molar-refractivity contribution in [3.05, 3.63) is 34.1 Å². The predicted molar refractivity (Wildman–Crippen MR) is 90.6 cm³/mol.